The Hall–Kier alpha value is -2.33. The summed E-state index contributed by atoms with van der Waals surface area (Å²) < 4.78 is 23.9. The summed E-state index contributed by atoms with van der Waals surface area (Å²) >= 11 is 0. The van der Waals surface area contributed by atoms with Gasteiger partial charge in [-0.05, 0) is 24.3 Å². The predicted octanol–water partition coefficient (Wildman–Crippen LogP) is 3.68. The van der Waals surface area contributed by atoms with E-state index in [9.17, 15) is 9.50 Å². The molecule has 1 aromatic heterocycles. The summed E-state index contributed by atoms with van der Waals surface area (Å²) in [5, 5.41) is 11.0. The van der Waals surface area contributed by atoms with Crippen LogP contribution >= 0.6 is 0 Å². The van der Waals surface area contributed by atoms with Crippen molar-refractivity contribution in [2.45, 2.75) is 6.10 Å². The molecule has 3 aromatic rings. The van der Waals surface area contributed by atoms with Gasteiger partial charge in [0.1, 0.15) is 35.6 Å². The molecule has 0 aliphatic heterocycles. The monoisotopic (exact) mass is 272 g/mol. The third-order valence-electron chi connectivity index (χ3n) is 2.98. The van der Waals surface area contributed by atoms with E-state index in [1.54, 1.807) is 18.2 Å². The number of hydrogen-bond acceptors (Lipinski definition) is 3. The minimum Gasteiger partial charge on any atom is -0.490 e. The van der Waals surface area contributed by atoms with Crippen LogP contribution in [0.2, 0.25) is 0 Å². The highest BCUT2D eigenvalue weighted by Gasteiger charge is 2.14. The second kappa shape index (κ2) is 5.35. The molecule has 0 aliphatic rings. The number of ether oxygens (including phenoxy) is 1. The highest BCUT2D eigenvalue weighted by Crippen LogP contribution is 2.24. The Morgan fingerprint density at radius 2 is 1.95 bits per heavy atom. The Balaban J connectivity index is 1.71. The Bertz CT molecular complexity index is 687. The first-order valence-corrected chi connectivity index (χ1v) is 6.27. The van der Waals surface area contributed by atoms with Gasteiger partial charge in [0.05, 0.1) is 0 Å². The van der Waals surface area contributed by atoms with Gasteiger partial charge >= 0.3 is 0 Å². The smallest absolute Gasteiger partial charge is 0.145 e. The van der Waals surface area contributed by atoms with Gasteiger partial charge < -0.3 is 14.3 Å². The van der Waals surface area contributed by atoms with E-state index in [0.717, 1.165) is 5.39 Å². The van der Waals surface area contributed by atoms with E-state index in [-0.39, 0.29) is 12.4 Å². The first kappa shape index (κ1) is 12.7. The maximum atomic E-state index is 13.0. The largest absolute Gasteiger partial charge is 0.490 e. The maximum absolute atomic E-state index is 13.0. The zero-order chi connectivity index (χ0) is 13.9. The first-order chi connectivity index (χ1) is 9.72. The number of hydrogen-bond donors (Lipinski definition) is 1. The van der Waals surface area contributed by atoms with Crippen LogP contribution in [0, 0.1) is 5.82 Å². The number of benzene rings is 2. The van der Waals surface area contributed by atoms with E-state index in [2.05, 4.69) is 0 Å². The Morgan fingerprint density at radius 3 is 2.75 bits per heavy atom. The van der Waals surface area contributed by atoms with Crippen molar-refractivity contribution >= 4 is 11.0 Å². The van der Waals surface area contributed by atoms with Crippen molar-refractivity contribution in [2.24, 2.45) is 0 Å². The van der Waals surface area contributed by atoms with Crippen LogP contribution in [0.5, 0.6) is 5.75 Å². The van der Waals surface area contributed by atoms with Crippen molar-refractivity contribution < 1.29 is 18.7 Å². The minimum atomic E-state index is -0.898. The molecule has 0 spiro atoms. The fraction of sp³-hybridized carbons (Fsp3) is 0.125. The molecular formula is C16H13FO3. The summed E-state index contributed by atoms with van der Waals surface area (Å²) in [5.74, 6) is 0.434. The molecular weight excluding hydrogens is 259 g/mol. The standard InChI is InChI=1S/C16H13FO3/c17-12-5-3-6-13(9-12)19-10-14(18)16-8-11-4-1-2-7-15(11)20-16/h1-9,14,18H,10H2. The van der Waals surface area contributed by atoms with E-state index in [4.69, 9.17) is 9.15 Å². The summed E-state index contributed by atoms with van der Waals surface area (Å²) in [5.41, 5.74) is 0.715. The Morgan fingerprint density at radius 1 is 1.10 bits per heavy atom. The lowest BCUT2D eigenvalue weighted by Gasteiger charge is -2.10. The van der Waals surface area contributed by atoms with Crippen molar-refractivity contribution in [1.82, 2.24) is 0 Å². The lowest BCUT2D eigenvalue weighted by Crippen LogP contribution is -2.08. The average Bonchev–Trinajstić information content (AvgIpc) is 2.89. The third-order valence-corrected chi connectivity index (χ3v) is 2.98. The lowest BCUT2D eigenvalue weighted by atomic mass is 10.2. The molecule has 4 heteroatoms. The summed E-state index contributed by atoms with van der Waals surface area (Å²) in [6.45, 7) is 0.00325. The Labute approximate surface area is 115 Å². The van der Waals surface area contributed by atoms with Gasteiger partial charge in [-0.25, -0.2) is 4.39 Å². The highest BCUT2D eigenvalue weighted by molar-refractivity contribution is 5.77. The minimum absolute atomic E-state index is 0.00325. The van der Waals surface area contributed by atoms with Gasteiger partial charge in [0.2, 0.25) is 0 Å². The van der Waals surface area contributed by atoms with Crippen LogP contribution in [0.4, 0.5) is 4.39 Å². The molecule has 0 bridgehead atoms. The van der Waals surface area contributed by atoms with Crippen molar-refractivity contribution in [3.05, 3.63) is 66.2 Å². The van der Waals surface area contributed by atoms with Crippen molar-refractivity contribution in [2.75, 3.05) is 6.61 Å². The van der Waals surface area contributed by atoms with Gasteiger partial charge in [-0.1, -0.05) is 24.3 Å². The van der Waals surface area contributed by atoms with Gasteiger partial charge in [-0.15, -0.1) is 0 Å². The summed E-state index contributed by atoms with van der Waals surface area (Å²) in [7, 11) is 0. The molecule has 1 unspecified atom stereocenters. The van der Waals surface area contributed by atoms with Gasteiger partial charge in [-0.3, -0.25) is 0 Å². The van der Waals surface area contributed by atoms with E-state index < -0.39 is 6.10 Å². The van der Waals surface area contributed by atoms with E-state index in [1.807, 2.05) is 24.3 Å². The molecule has 3 nitrogen and oxygen atoms in total. The second-order valence-electron chi connectivity index (χ2n) is 4.47. The molecule has 0 saturated heterocycles. The molecule has 0 radical (unpaired) electrons. The summed E-state index contributed by atoms with van der Waals surface area (Å²) in [4.78, 5) is 0. The Kier molecular flexibility index (Phi) is 3.39. The van der Waals surface area contributed by atoms with Crippen molar-refractivity contribution in [1.29, 1.82) is 0 Å². The van der Waals surface area contributed by atoms with Crippen molar-refractivity contribution in [3.8, 4) is 5.75 Å². The fourth-order valence-electron chi connectivity index (χ4n) is 1.98. The van der Waals surface area contributed by atoms with Crippen LogP contribution in [0.15, 0.2) is 59.0 Å². The molecule has 3 rings (SSSR count). The first-order valence-electron chi connectivity index (χ1n) is 6.27. The second-order valence-corrected chi connectivity index (χ2v) is 4.47. The molecule has 0 aliphatic carbocycles. The molecule has 0 amide bonds. The number of furan rings is 1. The molecule has 1 atom stereocenters. The SMILES string of the molecule is OC(COc1cccc(F)c1)c1cc2ccccc2o1. The summed E-state index contributed by atoms with van der Waals surface area (Å²) in [6, 6.07) is 15.1. The van der Waals surface area contributed by atoms with E-state index >= 15 is 0 Å². The van der Waals surface area contributed by atoms with E-state index in [0.29, 0.717) is 17.1 Å². The number of para-hydroxylation sites is 1. The van der Waals surface area contributed by atoms with Crippen LogP contribution < -0.4 is 4.74 Å². The van der Waals surface area contributed by atoms with Gasteiger partial charge in [-0.2, -0.15) is 0 Å². The number of aliphatic hydroxyl groups is 1. The normalized spacial score (nSPS) is 12.5. The molecule has 20 heavy (non-hydrogen) atoms. The molecule has 0 saturated carbocycles. The molecule has 1 heterocycles. The van der Waals surface area contributed by atoms with E-state index in [1.165, 1.54) is 12.1 Å². The number of aliphatic hydroxyl groups excluding tert-OH is 1. The quantitative estimate of drug-likeness (QED) is 0.787. The number of rotatable bonds is 4. The lowest BCUT2D eigenvalue weighted by molar-refractivity contribution is 0.0902. The van der Waals surface area contributed by atoms with Gasteiger partial charge in [0, 0.05) is 11.5 Å². The third kappa shape index (κ3) is 2.65. The van der Waals surface area contributed by atoms with Crippen LogP contribution in [-0.4, -0.2) is 11.7 Å². The highest BCUT2D eigenvalue weighted by atomic mass is 19.1. The topological polar surface area (TPSA) is 42.6 Å². The fourth-order valence-corrected chi connectivity index (χ4v) is 1.98. The van der Waals surface area contributed by atoms with Crippen molar-refractivity contribution in [3.63, 3.8) is 0 Å². The number of fused-ring (bicyclic) bond motifs is 1. The summed E-state index contributed by atoms with van der Waals surface area (Å²) in [6.07, 6.45) is -0.898. The molecule has 2 aromatic carbocycles. The van der Waals surface area contributed by atoms with Crippen LogP contribution in [0.1, 0.15) is 11.9 Å². The molecule has 0 fully saturated rings. The maximum Gasteiger partial charge on any atom is 0.145 e. The zero-order valence-electron chi connectivity index (χ0n) is 10.6. The predicted molar refractivity (Wildman–Crippen MR) is 73.1 cm³/mol. The average molecular weight is 272 g/mol. The number of halogens is 1. The van der Waals surface area contributed by atoms with Crippen LogP contribution in [0.3, 0.4) is 0 Å². The van der Waals surface area contributed by atoms with Crippen LogP contribution in [0.25, 0.3) is 11.0 Å². The van der Waals surface area contributed by atoms with Gasteiger partial charge in [0.25, 0.3) is 0 Å². The van der Waals surface area contributed by atoms with Crippen LogP contribution in [-0.2, 0) is 0 Å². The zero-order valence-corrected chi connectivity index (χ0v) is 10.6. The molecule has 102 valence electrons. The molecule has 1 N–H and O–H groups in total. The van der Waals surface area contributed by atoms with Gasteiger partial charge in [0.15, 0.2) is 0 Å².